The van der Waals surface area contributed by atoms with Gasteiger partial charge >= 0.3 is 0 Å². The second kappa shape index (κ2) is 10.1. The molecule has 2 aromatic carbocycles. The summed E-state index contributed by atoms with van der Waals surface area (Å²) in [6.45, 7) is 6.70. The number of nitrogens with one attached hydrogen (secondary N) is 1. The molecule has 1 N–H and O–H groups in total. The van der Waals surface area contributed by atoms with Crippen molar-refractivity contribution in [3.05, 3.63) is 63.7 Å². The highest BCUT2D eigenvalue weighted by Crippen LogP contribution is 2.22. The number of aryl methyl sites for hydroxylation is 1. The van der Waals surface area contributed by atoms with E-state index >= 15 is 0 Å². The minimum absolute atomic E-state index is 0.0738. The maximum atomic E-state index is 12.5. The third-order valence-electron chi connectivity index (χ3n) is 5.53. The standard InChI is InChI=1S/C23H28N4O4/c1-3-4-5-22(28)26-14-12-25(13-15-26)20-10-8-19(9-11-20)24-23(29)18-7-6-17(2)21(16-18)27(30)31/h6-11,16H,3-5,12-15H2,1-2H3,(H,24,29). The van der Waals surface area contributed by atoms with Gasteiger partial charge in [-0.1, -0.05) is 19.4 Å². The Morgan fingerprint density at radius 3 is 2.35 bits per heavy atom. The highest BCUT2D eigenvalue weighted by Gasteiger charge is 2.21. The zero-order chi connectivity index (χ0) is 22.4. The second-order valence-corrected chi connectivity index (χ2v) is 7.73. The summed E-state index contributed by atoms with van der Waals surface area (Å²) in [5.41, 5.74) is 2.33. The Labute approximate surface area is 182 Å². The van der Waals surface area contributed by atoms with Crippen LogP contribution in [0.3, 0.4) is 0 Å². The van der Waals surface area contributed by atoms with E-state index in [1.165, 1.54) is 6.07 Å². The summed E-state index contributed by atoms with van der Waals surface area (Å²) in [6, 6.07) is 11.9. The first-order valence-electron chi connectivity index (χ1n) is 10.6. The third kappa shape index (κ3) is 5.59. The number of carbonyl (C=O) groups excluding carboxylic acids is 2. The molecule has 0 bridgehead atoms. The van der Waals surface area contributed by atoms with Gasteiger partial charge in [0.1, 0.15) is 0 Å². The first-order valence-corrected chi connectivity index (χ1v) is 10.6. The monoisotopic (exact) mass is 424 g/mol. The van der Waals surface area contributed by atoms with Crippen molar-refractivity contribution >= 4 is 28.9 Å². The van der Waals surface area contributed by atoms with Gasteiger partial charge in [-0.05, 0) is 43.7 Å². The number of hydrogen-bond acceptors (Lipinski definition) is 5. The highest BCUT2D eigenvalue weighted by molar-refractivity contribution is 6.04. The fourth-order valence-corrected chi connectivity index (χ4v) is 3.61. The zero-order valence-electron chi connectivity index (χ0n) is 18.0. The van der Waals surface area contributed by atoms with Crippen molar-refractivity contribution in [2.45, 2.75) is 33.1 Å². The Balaban J connectivity index is 1.57. The lowest BCUT2D eigenvalue weighted by Crippen LogP contribution is -2.48. The molecule has 8 nitrogen and oxygen atoms in total. The number of piperazine rings is 1. The van der Waals surface area contributed by atoms with Gasteiger partial charge in [-0.2, -0.15) is 0 Å². The van der Waals surface area contributed by atoms with E-state index in [0.717, 1.165) is 31.6 Å². The summed E-state index contributed by atoms with van der Waals surface area (Å²) in [7, 11) is 0. The average Bonchev–Trinajstić information content (AvgIpc) is 2.78. The van der Waals surface area contributed by atoms with Crippen LogP contribution in [0, 0.1) is 17.0 Å². The lowest BCUT2D eigenvalue weighted by Gasteiger charge is -2.36. The van der Waals surface area contributed by atoms with E-state index in [1.807, 2.05) is 29.2 Å². The quantitative estimate of drug-likeness (QED) is 0.535. The molecule has 0 aliphatic carbocycles. The van der Waals surface area contributed by atoms with Gasteiger partial charge in [-0.3, -0.25) is 19.7 Å². The number of amides is 2. The summed E-state index contributed by atoms with van der Waals surface area (Å²) in [5, 5.41) is 13.9. The van der Waals surface area contributed by atoms with Gasteiger partial charge in [0.15, 0.2) is 0 Å². The number of nitro groups is 1. The number of benzene rings is 2. The molecule has 8 heteroatoms. The molecule has 0 saturated carbocycles. The fraction of sp³-hybridized carbons (Fsp3) is 0.391. The first kappa shape index (κ1) is 22.3. The fourth-order valence-electron chi connectivity index (χ4n) is 3.61. The van der Waals surface area contributed by atoms with Gasteiger partial charge in [0, 0.05) is 61.2 Å². The molecule has 0 aromatic heterocycles. The van der Waals surface area contributed by atoms with Crippen LogP contribution in [0.1, 0.15) is 42.1 Å². The van der Waals surface area contributed by atoms with Crippen molar-refractivity contribution in [2.24, 2.45) is 0 Å². The van der Waals surface area contributed by atoms with Crippen molar-refractivity contribution in [3.63, 3.8) is 0 Å². The van der Waals surface area contributed by atoms with Crippen LogP contribution in [0.5, 0.6) is 0 Å². The van der Waals surface area contributed by atoms with E-state index in [2.05, 4.69) is 17.1 Å². The van der Waals surface area contributed by atoms with E-state index in [-0.39, 0.29) is 17.2 Å². The number of anilines is 2. The third-order valence-corrected chi connectivity index (χ3v) is 5.53. The molecular formula is C23H28N4O4. The Morgan fingerprint density at radius 2 is 1.74 bits per heavy atom. The van der Waals surface area contributed by atoms with Crippen LogP contribution in [-0.4, -0.2) is 47.8 Å². The molecule has 0 atom stereocenters. The largest absolute Gasteiger partial charge is 0.368 e. The van der Waals surface area contributed by atoms with Gasteiger partial charge in [-0.25, -0.2) is 0 Å². The van der Waals surface area contributed by atoms with Crippen LogP contribution >= 0.6 is 0 Å². The molecule has 0 unspecified atom stereocenters. The molecule has 164 valence electrons. The van der Waals surface area contributed by atoms with Crippen molar-refractivity contribution < 1.29 is 14.5 Å². The minimum Gasteiger partial charge on any atom is -0.368 e. The molecule has 1 heterocycles. The minimum atomic E-state index is -0.488. The lowest BCUT2D eigenvalue weighted by molar-refractivity contribution is -0.385. The topological polar surface area (TPSA) is 95.8 Å². The molecule has 2 amide bonds. The lowest BCUT2D eigenvalue weighted by atomic mass is 10.1. The zero-order valence-corrected chi connectivity index (χ0v) is 18.0. The van der Waals surface area contributed by atoms with E-state index in [1.54, 1.807) is 19.1 Å². The van der Waals surface area contributed by atoms with Gasteiger partial charge in [0.25, 0.3) is 11.6 Å². The van der Waals surface area contributed by atoms with Crippen molar-refractivity contribution in [2.75, 3.05) is 36.4 Å². The predicted octanol–water partition coefficient (Wildman–Crippen LogP) is 3.99. The first-order chi connectivity index (χ1) is 14.9. The van der Waals surface area contributed by atoms with Crippen LogP contribution in [0.4, 0.5) is 17.1 Å². The Morgan fingerprint density at radius 1 is 1.06 bits per heavy atom. The predicted molar refractivity (Wildman–Crippen MR) is 121 cm³/mol. The van der Waals surface area contributed by atoms with Crippen molar-refractivity contribution in [1.82, 2.24) is 4.90 Å². The van der Waals surface area contributed by atoms with Crippen LogP contribution < -0.4 is 10.2 Å². The van der Waals surface area contributed by atoms with E-state index < -0.39 is 10.8 Å². The molecule has 3 rings (SSSR count). The number of nitrogens with zero attached hydrogens (tertiary/aromatic N) is 3. The van der Waals surface area contributed by atoms with Crippen molar-refractivity contribution in [3.8, 4) is 0 Å². The second-order valence-electron chi connectivity index (χ2n) is 7.73. The summed E-state index contributed by atoms with van der Waals surface area (Å²) in [6.07, 6.45) is 2.58. The molecule has 31 heavy (non-hydrogen) atoms. The molecule has 1 aliphatic heterocycles. The highest BCUT2D eigenvalue weighted by atomic mass is 16.6. The maximum absolute atomic E-state index is 12.5. The number of hydrogen-bond donors (Lipinski definition) is 1. The molecule has 1 saturated heterocycles. The number of rotatable bonds is 7. The van der Waals surface area contributed by atoms with Crippen LogP contribution in [0.2, 0.25) is 0 Å². The van der Waals surface area contributed by atoms with Crippen molar-refractivity contribution in [1.29, 1.82) is 0 Å². The maximum Gasteiger partial charge on any atom is 0.273 e. The average molecular weight is 425 g/mol. The molecule has 2 aromatic rings. The van der Waals surface area contributed by atoms with Gasteiger partial charge in [0.2, 0.25) is 5.91 Å². The Bertz CT molecular complexity index is 951. The Kier molecular flexibility index (Phi) is 7.23. The summed E-state index contributed by atoms with van der Waals surface area (Å²) in [5.74, 6) is -0.161. The van der Waals surface area contributed by atoms with E-state index in [4.69, 9.17) is 0 Å². The molecule has 0 spiro atoms. The molecule has 0 radical (unpaired) electrons. The van der Waals surface area contributed by atoms with E-state index in [0.29, 0.717) is 30.8 Å². The SMILES string of the molecule is CCCCC(=O)N1CCN(c2ccc(NC(=O)c3ccc(C)c([N+](=O)[O-])c3)cc2)CC1. The normalized spacial score (nSPS) is 13.7. The smallest absolute Gasteiger partial charge is 0.273 e. The number of unbranched alkanes of at least 4 members (excludes halogenated alkanes) is 1. The van der Waals surface area contributed by atoms with Gasteiger partial charge in [0.05, 0.1) is 4.92 Å². The van der Waals surface area contributed by atoms with E-state index in [9.17, 15) is 19.7 Å². The van der Waals surface area contributed by atoms with Crippen LogP contribution in [0.15, 0.2) is 42.5 Å². The number of carbonyl (C=O) groups is 2. The van der Waals surface area contributed by atoms with Gasteiger partial charge < -0.3 is 15.1 Å². The van der Waals surface area contributed by atoms with Crippen LogP contribution in [0.25, 0.3) is 0 Å². The Hall–Kier alpha value is -3.42. The van der Waals surface area contributed by atoms with Gasteiger partial charge in [-0.15, -0.1) is 0 Å². The molecule has 1 aliphatic rings. The summed E-state index contributed by atoms with van der Waals surface area (Å²) >= 11 is 0. The number of nitro benzene ring substituents is 1. The van der Waals surface area contributed by atoms with Crippen LogP contribution in [-0.2, 0) is 4.79 Å². The molecule has 1 fully saturated rings. The summed E-state index contributed by atoms with van der Waals surface area (Å²) in [4.78, 5) is 39.4. The molecular weight excluding hydrogens is 396 g/mol. The summed E-state index contributed by atoms with van der Waals surface area (Å²) < 4.78 is 0.